The van der Waals surface area contributed by atoms with Crippen molar-refractivity contribution in [2.24, 2.45) is 10.9 Å². The van der Waals surface area contributed by atoms with Gasteiger partial charge in [0.1, 0.15) is 5.82 Å². The number of pyridine rings is 1. The van der Waals surface area contributed by atoms with E-state index in [1.165, 1.54) is 6.07 Å². The Labute approximate surface area is 142 Å². The smallest absolute Gasteiger partial charge is 0.220 e. The Kier molecular flexibility index (Phi) is 6.96. The highest BCUT2D eigenvalue weighted by Crippen LogP contribution is 2.20. The fourth-order valence-electron chi connectivity index (χ4n) is 2.82. The van der Waals surface area contributed by atoms with E-state index in [4.69, 9.17) is 0 Å². The zero-order chi connectivity index (χ0) is 17.4. The van der Waals surface area contributed by atoms with Crippen LogP contribution in [0.15, 0.2) is 23.3 Å². The van der Waals surface area contributed by atoms with Crippen LogP contribution in [0.2, 0.25) is 0 Å². The van der Waals surface area contributed by atoms with E-state index in [9.17, 15) is 9.18 Å². The first-order valence-corrected chi connectivity index (χ1v) is 8.47. The number of hydrogen-bond donors (Lipinski definition) is 2. The summed E-state index contributed by atoms with van der Waals surface area (Å²) in [5.74, 6) is 0.958. The van der Waals surface area contributed by atoms with Gasteiger partial charge in [-0.25, -0.2) is 9.38 Å². The van der Waals surface area contributed by atoms with Crippen molar-refractivity contribution < 1.29 is 9.18 Å². The lowest BCUT2D eigenvalue weighted by Crippen LogP contribution is -2.46. The zero-order valence-electron chi connectivity index (χ0n) is 14.4. The zero-order valence-corrected chi connectivity index (χ0v) is 14.4. The van der Waals surface area contributed by atoms with E-state index in [-0.39, 0.29) is 18.3 Å². The Morgan fingerprint density at radius 1 is 1.46 bits per heavy atom. The van der Waals surface area contributed by atoms with Crippen LogP contribution < -0.4 is 10.6 Å². The highest BCUT2D eigenvalue weighted by atomic mass is 19.1. The molecule has 132 valence electrons. The third kappa shape index (κ3) is 5.18. The molecule has 1 saturated heterocycles. The summed E-state index contributed by atoms with van der Waals surface area (Å²) in [5, 5.41) is 5.93. The highest BCUT2D eigenvalue weighted by Gasteiger charge is 2.23. The minimum absolute atomic E-state index is 0.0969. The SMILES string of the molecule is CCNC(=NCc1ncccc1F)N1CCC(CC(=O)NC)CC1. The second kappa shape index (κ2) is 9.20. The van der Waals surface area contributed by atoms with Crippen molar-refractivity contribution in [1.29, 1.82) is 0 Å². The number of amides is 1. The van der Waals surface area contributed by atoms with Crippen molar-refractivity contribution >= 4 is 11.9 Å². The molecule has 1 fully saturated rings. The van der Waals surface area contributed by atoms with E-state index >= 15 is 0 Å². The lowest BCUT2D eigenvalue weighted by Gasteiger charge is -2.34. The average molecular weight is 335 g/mol. The molecular formula is C17H26FN5O. The summed E-state index contributed by atoms with van der Waals surface area (Å²) < 4.78 is 13.7. The number of nitrogens with zero attached hydrogens (tertiary/aromatic N) is 3. The van der Waals surface area contributed by atoms with Crippen molar-refractivity contribution in [2.75, 3.05) is 26.7 Å². The number of likely N-dealkylation sites (tertiary alicyclic amines) is 1. The van der Waals surface area contributed by atoms with Crippen LogP contribution in [0.5, 0.6) is 0 Å². The second-order valence-electron chi connectivity index (χ2n) is 5.91. The van der Waals surface area contributed by atoms with Crippen LogP contribution in [-0.4, -0.2) is 48.4 Å². The third-order valence-corrected chi connectivity index (χ3v) is 4.22. The first-order valence-electron chi connectivity index (χ1n) is 8.47. The molecule has 2 rings (SSSR count). The molecule has 7 heteroatoms. The van der Waals surface area contributed by atoms with Gasteiger partial charge in [-0.2, -0.15) is 0 Å². The molecule has 2 N–H and O–H groups in total. The molecule has 1 aliphatic heterocycles. The highest BCUT2D eigenvalue weighted by molar-refractivity contribution is 5.80. The first-order chi connectivity index (χ1) is 11.6. The number of hydrogen-bond acceptors (Lipinski definition) is 3. The molecule has 0 unspecified atom stereocenters. The van der Waals surface area contributed by atoms with Crippen molar-refractivity contribution in [3.8, 4) is 0 Å². The van der Waals surface area contributed by atoms with Gasteiger partial charge in [0.25, 0.3) is 0 Å². The molecular weight excluding hydrogens is 309 g/mol. The number of aliphatic imine (C=N–C) groups is 1. The van der Waals surface area contributed by atoms with Crippen molar-refractivity contribution in [3.63, 3.8) is 0 Å². The van der Waals surface area contributed by atoms with Gasteiger partial charge >= 0.3 is 0 Å². The van der Waals surface area contributed by atoms with Gasteiger partial charge in [0, 0.05) is 39.3 Å². The lowest BCUT2D eigenvalue weighted by molar-refractivity contribution is -0.121. The van der Waals surface area contributed by atoms with Crippen LogP contribution in [0.3, 0.4) is 0 Å². The molecule has 0 aliphatic carbocycles. The van der Waals surface area contributed by atoms with Gasteiger partial charge in [0.15, 0.2) is 5.96 Å². The number of carbonyl (C=O) groups excluding carboxylic acids is 1. The summed E-state index contributed by atoms with van der Waals surface area (Å²) in [6.45, 7) is 4.67. The van der Waals surface area contributed by atoms with Crippen LogP contribution >= 0.6 is 0 Å². The van der Waals surface area contributed by atoms with Gasteiger partial charge in [0.05, 0.1) is 12.2 Å². The normalized spacial score (nSPS) is 16.1. The first kappa shape index (κ1) is 18.2. The fraction of sp³-hybridized carbons (Fsp3) is 0.588. The number of rotatable bonds is 5. The molecule has 1 aliphatic rings. The molecule has 6 nitrogen and oxygen atoms in total. The van der Waals surface area contributed by atoms with Crippen molar-refractivity contribution in [3.05, 3.63) is 29.8 Å². The molecule has 0 spiro atoms. The summed E-state index contributed by atoms with van der Waals surface area (Å²) in [6.07, 6.45) is 4.06. The molecule has 2 heterocycles. The van der Waals surface area contributed by atoms with E-state index in [0.717, 1.165) is 38.4 Å². The Morgan fingerprint density at radius 2 is 2.21 bits per heavy atom. The maximum atomic E-state index is 13.7. The van der Waals surface area contributed by atoms with Gasteiger partial charge in [-0.15, -0.1) is 0 Å². The van der Waals surface area contributed by atoms with Gasteiger partial charge in [-0.3, -0.25) is 9.78 Å². The van der Waals surface area contributed by atoms with E-state index in [1.54, 1.807) is 19.3 Å². The predicted molar refractivity (Wildman–Crippen MR) is 92.0 cm³/mol. The molecule has 1 amide bonds. The van der Waals surface area contributed by atoms with Crippen LogP contribution in [0.1, 0.15) is 31.9 Å². The minimum Gasteiger partial charge on any atom is -0.359 e. The molecule has 0 atom stereocenters. The summed E-state index contributed by atoms with van der Waals surface area (Å²) in [6, 6.07) is 2.97. The third-order valence-electron chi connectivity index (χ3n) is 4.22. The van der Waals surface area contributed by atoms with Crippen molar-refractivity contribution in [2.45, 2.75) is 32.7 Å². The number of carbonyl (C=O) groups is 1. The Hall–Kier alpha value is -2.18. The lowest BCUT2D eigenvalue weighted by atomic mass is 9.93. The average Bonchev–Trinajstić information content (AvgIpc) is 2.60. The molecule has 0 bridgehead atoms. The van der Waals surface area contributed by atoms with Gasteiger partial charge in [-0.1, -0.05) is 0 Å². The fourth-order valence-corrected chi connectivity index (χ4v) is 2.82. The Balaban J connectivity index is 1.95. The Morgan fingerprint density at radius 3 is 2.83 bits per heavy atom. The predicted octanol–water partition coefficient (Wildman–Crippen LogP) is 1.53. The number of nitrogens with one attached hydrogen (secondary N) is 2. The number of piperidine rings is 1. The quantitative estimate of drug-likeness (QED) is 0.632. The molecule has 1 aromatic rings. The maximum absolute atomic E-state index is 13.7. The Bertz CT molecular complexity index is 570. The molecule has 1 aromatic heterocycles. The number of aromatic nitrogens is 1. The van der Waals surface area contributed by atoms with E-state index in [0.29, 0.717) is 18.0 Å². The molecule has 0 aromatic carbocycles. The van der Waals surface area contributed by atoms with Crippen LogP contribution in [0.25, 0.3) is 0 Å². The van der Waals surface area contributed by atoms with Gasteiger partial charge in [-0.05, 0) is 37.8 Å². The van der Waals surface area contributed by atoms with Crippen molar-refractivity contribution in [1.82, 2.24) is 20.5 Å². The second-order valence-corrected chi connectivity index (χ2v) is 5.91. The minimum atomic E-state index is -0.332. The molecule has 24 heavy (non-hydrogen) atoms. The van der Waals surface area contributed by atoms with Gasteiger partial charge < -0.3 is 15.5 Å². The van der Waals surface area contributed by atoms with Crippen LogP contribution in [-0.2, 0) is 11.3 Å². The van der Waals surface area contributed by atoms with Crippen LogP contribution in [0.4, 0.5) is 4.39 Å². The monoisotopic (exact) mass is 335 g/mol. The summed E-state index contributed by atoms with van der Waals surface area (Å²) >= 11 is 0. The molecule has 0 radical (unpaired) electrons. The summed E-state index contributed by atoms with van der Waals surface area (Å²) in [4.78, 5) is 22.2. The summed E-state index contributed by atoms with van der Waals surface area (Å²) in [5.41, 5.74) is 0.349. The largest absolute Gasteiger partial charge is 0.359 e. The maximum Gasteiger partial charge on any atom is 0.220 e. The van der Waals surface area contributed by atoms with Gasteiger partial charge in [0.2, 0.25) is 5.91 Å². The van der Waals surface area contributed by atoms with E-state index in [1.807, 2.05) is 6.92 Å². The standard InChI is InChI=1S/C17H26FN5O/c1-3-20-17(22-12-15-14(18)5-4-8-21-15)23-9-6-13(7-10-23)11-16(24)19-2/h4-5,8,13H,3,6-7,9-12H2,1-2H3,(H,19,24)(H,20,22). The van der Waals surface area contributed by atoms with Crippen LogP contribution in [0, 0.1) is 11.7 Å². The van der Waals surface area contributed by atoms with E-state index in [2.05, 4.69) is 25.5 Å². The number of guanidine groups is 1. The molecule has 0 saturated carbocycles. The number of halogens is 1. The topological polar surface area (TPSA) is 69.6 Å². The van der Waals surface area contributed by atoms with E-state index < -0.39 is 0 Å². The summed E-state index contributed by atoms with van der Waals surface area (Å²) in [7, 11) is 1.67.